The van der Waals surface area contributed by atoms with Gasteiger partial charge in [0.05, 0.1) is 38.2 Å². The first kappa shape index (κ1) is 32.1. The van der Waals surface area contributed by atoms with Gasteiger partial charge >= 0.3 is 5.97 Å². The van der Waals surface area contributed by atoms with E-state index in [0.29, 0.717) is 29.5 Å². The maximum atomic E-state index is 13.1. The van der Waals surface area contributed by atoms with Gasteiger partial charge in [0.25, 0.3) is 0 Å². The van der Waals surface area contributed by atoms with Crippen molar-refractivity contribution in [3.8, 4) is 0 Å². The fourth-order valence-electron chi connectivity index (χ4n) is 5.74. The second-order valence-electron chi connectivity index (χ2n) is 10.9. The number of halogens is 2. The minimum atomic E-state index is -0.921. The standard InChI is InChI=1S/C35H36Cl2N2O5/c1-4-29-22(2)32(42-20-23-11-7-5-8-12-23)34(43-21-24-13-9-6-10-14-24)33(44-29)25-15-16-27(36)26(19-25)31(35(40)41-3)28-17-18-30(37)39-38-28/h5-19,22,29,31-34H,4,20-21H2,1-3H3/t22-,29-,31?,32+,33+,34-/m1/s1. The molecule has 0 saturated carbocycles. The minimum Gasteiger partial charge on any atom is -0.468 e. The van der Waals surface area contributed by atoms with Crippen LogP contribution in [-0.2, 0) is 37.0 Å². The zero-order chi connectivity index (χ0) is 31.1. The lowest BCUT2D eigenvalue weighted by Crippen LogP contribution is -2.51. The van der Waals surface area contributed by atoms with E-state index in [2.05, 4.69) is 36.2 Å². The number of carbonyl (C=O) groups is 1. The molecule has 9 heteroatoms. The lowest BCUT2D eigenvalue weighted by atomic mass is 9.83. The number of rotatable bonds is 11. The molecular weight excluding hydrogens is 599 g/mol. The second kappa shape index (κ2) is 15.1. The average Bonchev–Trinajstić information content (AvgIpc) is 3.06. The van der Waals surface area contributed by atoms with Crippen molar-refractivity contribution in [3.63, 3.8) is 0 Å². The number of hydrogen-bond acceptors (Lipinski definition) is 7. The van der Waals surface area contributed by atoms with Gasteiger partial charge in [0, 0.05) is 10.9 Å². The van der Waals surface area contributed by atoms with Crippen LogP contribution in [-0.4, -0.2) is 41.6 Å². The molecule has 1 fully saturated rings. The van der Waals surface area contributed by atoms with E-state index in [1.54, 1.807) is 18.2 Å². The summed E-state index contributed by atoms with van der Waals surface area (Å²) in [7, 11) is 1.33. The van der Waals surface area contributed by atoms with Gasteiger partial charge in [0.15, 0.2) is 5.15 Å². The highest BCUT2D eigenvalue weighted by molar-refractivity contribution is 6.31. The van der Waals surface area contributed by atoms with Gasteiger partial charge in [-0.2, -0.15) is 5.10 Å². The van der Waals surface area contributed by atoms with Crippen molar-refractivity contribution >= 4 is 29.2 Å². The first-order valence-corrected chi connectivity index (χ1v) is 15.5. The van der Waals surface area contributed by atoms with Crippen molar-refractivity contribution in [1.29, 1.82) is 0 Å². The Kier molecular flexibility index (Phi) is 11.0. The summed E-state index contributed by atoms with van der Waals surface area (Å²) in [6.07, 6.45) is -0.543. The molecule has 0 spiro atoms. The molecule has 0 N–H and O–H groups in total. The van der Waals surface area contributed by atoms with Crippen molar-refractivity contribution in [3.05, 3.63) is 129 Å². The Labute approximate surface area is 268 Å². The van der Waals surface area contributed by atoms with E-state index in [9.17, 15) is 4.79 Å². The Hall–Kier alpha value is -3.33. The van der Waals surface area contributed by atoms with Crippen molar-refractivity contribution in [2.45, 2.75) is 63.8 Å². The summed E-state index contributed by atoms with van der Waals surface area (Å²) >= 11 is 12.7. The molecule has 0 amide bonds. The summed E-state index contributed by atoms with van der Waals surface area (Å²) in [6, 6.07) is 28.9. The lowest BCUT2D eigenvalue weighted by molar-refractivity contribution is -0.234. The van der Waals surface area contributed by atoms with E-state index in [0.717, 1.165) is 23.1 Å². The fraction of sp³-hybridized carbons (Fsp3) is 0.343. The van der Waals surface area contributed by atoms with Gasteiger partial charge in [-0.25, -0.2) is 0 Å². The summed E-state index contributed by atoms with van der Waals surface area (Å²) in [4.78, 5) is 13.1. The van der Waals surface area contributed by atoms with Gasteiger partial charge in [-0.1, -0.05) is 110 Å². The van der Waals surface area contributed by atoms with Crippen LogP contribution in [0.25, 0.3) is 0 Å². The fourth-order valence-corrected chi connectivity index (χ4v) is 6.06. The summed E-state index contributed by atoms with van der Waals surface area (Å²) in [5.74, 6) is -1.39. The topological polar surface area (TPSA) is 79.8 Å². The van der Waals surface area contributed by atoms with E-state index in [1.807, 2.05) is 60.7 Å². The van der Waals surface area contributed by atoms with Crippen molar-refractivity contribution < 1.29 is 23.7 Å². The van der Waals surface area contributed by atoms with Crippen LogP contribution in [0.1, 0.15) is 60.2 Å². The van der Waals surface area contributed by atoms with Gasteiger partial charge < -0.3 is 18.9 Å². The zero-order valence-electron chi connectivity index (χ0n) is 24.9. The number of hydrogen-bond donors (Lipinski definition) is 0. The van der Waals surface area contributed by atoms with Gasteiger partial charge in [-0.05, 0) is 46.9 Å². The SMILES string of the molecule is CC[C@H]1O[C@@H](c2ccc(Cl)c(C(C(=O)OC)c3ccc(Cl)nn3)c2)[C@H](OCc2ccccc2)[C@@H](OCc2ccccc2)[C@@H]1C. The Bertz CT molecular complexity index is 1510. The molecule has 44 heavy (non-hydrogen) atoms. The molecule has 1 saturated heterocycles. The highest BCUT2D eigenvalue weighted by Gasteiger charge is 2.45. The van der Waals surface area contributed by atoms with Crippen molar-refractivity contribution in [1.82, 2.24) is 10.2 Å². The van der Waals surface area contributed by atoms with Crippen LogP contribution >= 0.6 is 23.2 Å². The van der Waals surface area contributed by atoms with Crippen LogP contribution in [0.4, 0.5) is 0 Å². The molecule has 0 aliphatic carbocycles. The van der Waals surface area contributed by atoms with E-state index in [-0.39, 0.29) is 23.3 Å². The molecule has 1 aliphatic rings. The molecule has 1 aromatic heterocycles. The molecule has 0 bridgehead atoms. The predicted molar refractivity (Wildman–Crippen MR) is 169 cm³/mol. The van der Waals surface area contributed by atoms with Crippen molar-refractivity contribution in [2.24, 2.45) is 5.92 Å². The van der Waals surface area contributed by atoms with Gasteiger partial charge in [0.2, 0.25) is 0 Å². The summed E-state index contributed by atoms with van der Waals surface area (Å²) in [5, 5.41) is 8.71. The minimum absolute atomic E-state index is 0.0552. The van der Waals surface area contributed by atoms with E-state index >= 15 is 0 Å². The number of methoxy groups -OCH3 is 1. The number of esters is 1. The third-order valence-electron chi connectivity index (χ3n) is 8.07. The zero-order valence-corrected chi connectivity index (χ0v) is 26.4. The first-order valence-electron chi connectivity index (χ1n) is 14.7. The maximum absolute atomic E-state index is 13.1. The van der Waals surface area contributed by atoms with Crippen LogP contribution in [0.3, 0.4) is 0 Å². The van der Waals surface area contributed by atoms with Crippen LogP contribution in [0, 0.1) is 5.92 Å². The normalized spacial score (nSPS) is 22.3. The molecule has 4 aromatic rings. The van der Waals surface area contributed by atoms with Crippen LogP contribution in [0.2, 0.25) is 10.2 Å². The third kappa shape index (κ3) is 7.48. The van der Waals surface area contributed by atoms with Gasteiger partial charge in [0.1, 0.15) is 18.1 Å². The van der Waals surface area contributed by atoms with Crippen LogP contribution in [0.5, 0.6) is 0 Å². The van der Waals surface area contributed by atoms with Gasteiger partial charge in [-0.15, -0.1) is 5.10 Å². The molecule has 230 valence electrons. The third-order valence-corrected chi connectivity index (χ3v) is 8.61. The van der Waals surface area contributed by atoms with E-state index in [4.69, 9.17) is 42.1 Å². The summed E-state index contributed by atoms with van der Waals surface area (Å²) in [5.41, 5.74) is 3.81. The molecule has 1 aliphatic heterocycles. The highest BCUT2D eigenvalue weighted by atomic mass is 35.5. The predicted octanol–water partition coefficient (Wildman–Crippen LogP) is 7.75. The second-order valence-corrected chi connectivity index (χ2v) is 11.7. The first-order chi connectivity index (χ1) is 21.4. The smallest absolute Gasteiger partial charge is 0.319 e. The molecule has 5 rings (SSSR count). The largest absolute Gasteiger partial charge is 0.468 e. The van der Waals surface area contributed by atoms with Crippen molar-refractivity contribution in [2.75, 3.05) is 7.11 Å². The molecular formula is C35H36Cl2N2O5. The molecule has 0 radical (unpaired) electrons. The molecule has 2 heterocycles. The van der Waals surface area contributed by atoms with Crippen LogP contribution in [0.15, 0.2) is 91.0 Å². The number of aromatic nitrogens is 2. The van der Waals surface area contributed by atoms with Crippen LogP contribution < -0.4 is 0 Å². The van der Waals surface area contributed by atoms with E-state index in [1.165, 1.54) is 7.11 Å². The Morgan fingerprint density at radius 2 is 1.50 bits per heavy atom. The number of nitrogens with zero attached hydrogens (tertiary/aromatic N) is 2. The highest BCUT2D eigenvalue weighted by Crippen LogP contribution is 2.42. The average molecular weight is 636 g/mol. The van der Waals surface area contributed by atoms with E-state index < -0.39 is 24.1 Å². The number of benzene rings is 3. The monoisotopic (exact) mass is 634 g/mol. The molecule has 7 nitrogen and oxygen atoms in total. The molecule has 1 unspecified atom stereocenters. The summed E-state index contributed by atoms with van der Waals surface area (Å²) in [6.45, 7) is 5.08. The Balaban J connectivity index is 1.54. The number of carbonyl (C=O) groups excluding carboxylic acids is 1. The summed E-state index contributed by atoms with van der Waals surface area (Å²) < 4.78 is 25.3. The Morgan fingerprint density at radius 1 is 0.864 bits per heavy atom. The van der Waals surface area contributed by atoms with Gasteiger partial charge in [-0.3, -0.25) is 4.79 Å². The molecule has 6 atom stereocenters. The Morgan fingerprint density at radius 3 is 2.07 bits per heavy atom. The molecule has 3 aromatic carbocycles. The maximum Gasteiger partial charge on any atom is 0.319 e. The lowest BCUT2D eigenvalue weighted by Gasteiger charge is -2.46. The quantitative estimate of drug-likeness (QED) is 0.156. The number of ether oxygens (including phenoxy) is 4.